The van der Waals surface area contributed by atoms with Crippen LogP contribution in [0.3, 0.4) is 0 Å². The molecular formula is C26H36N8O5. The van der Waals surface area contributed by atoms with Crippen molar-refractivity contribution < 1.29 is 24.3 Å². The molecule has 39 heavy (non-hydrogen) atoms. The molecule has 10 N–H and O–H groups in total. The molecule has 2 heterocycles. The summed E-state index contributed by atoms with van der Waals surface area (Å²) in [6.07, 6.45) is 6.46. The standard InChI is InChI=1S/C26H36N8O5/c1-15(23(35)33-21(26(38)39)8-4-5-9-27)32-25(37)22(11-17-13-29-14-31-17)34-24(36)19(28)10-16-12-30-20-7-3-2-6-18(16)20/h2-3,6-7,12-15,19,21-22,30H,4-5,8-11,27-28H2,1H3,(H,29,31)(H,32,37)(H,33,35)(H,34,36)(H,38,39). The summed E-state index contributed by atoms with van der Waals surface area (Å²) >= 11 is 0. The van der Waals surface area contributed by atoms with Crippen LogP contribution < -0.4 is 27.4 Å². The number of hydrogen-bond acceptors (Lipinski definition) is 7. The quantitative estimate of drug-likeness (QED) is 0.119. The second-order valence-corrected chi connectivity index (χ2v) is 9.43. The van der Waals surface area contributed by atoms with Gasteiger partial charge in [-0.25, -0.2) is 9.78 Å². The maximum Gasteiger partial charge on any atom is 0.326 e. The summed E-state index contributed by atoms with van der Waals surface area (Å²) in [5, 5.41) is 18.1. The minimum absolute atomic E-state index is 0.0720. The van der Waals surface area contributed by atoms with Crippen molar-refractivity contribution in [3.63, 3.8) is 0 Å². The third-order valence-corrected chi connectivity index (χ3v) is 6.38. The van der Waals surface area contributed by atoms with E-state index in [1.165, 1.54) is 19.4 Å². The summed E-state index contributed by atoms with van der Waals surface area (Å²) in [4.78, 5) is 60.3. The lowest BCUT2D eigenvalue weighted by molar-refractivity contribution is -0.142. The van der Waals surface area contributed by atoms with E-state index >= 15 is 0 Å². The number of H-pyrrole nitrogens is 2. The van der Waals surface area contributed by atoms with Crippen molar-refractivity contribution in [3.8, 4) is 0 Å². The van der Waals surface area contributed by atoms with E-state index < -0.39 is 47.9 Å². The molecule has 4 unspecified atom stereocenters. The number of fused-ring (bicyclic) bond motifs is 1. The first-order chi connectivity index (χ1) is 18.7. The fraction of sp³-hybridized carbons (Fsp3) is 0.423. The molecule has 0 spiro atoms. The molecule has 0 aliphatic heterocycles. The van der Waals surface area contributed by atoms with E-state index in [-0.39, 0.29) is 19.3 Å². The Bertz CT molecular complexity index is 1260. The molecule has 3 rings (SSSR count). The van der Waals surface area contributed by atoms with Gasteiger partial charge in [0.05, 0.1) is 12.4 Å². The number of nitrogens with one attached hydrogen (secondary N) is 5. The maximum absolute atomic E-state index is 13.1. The molecule has 0 radical (unpaired) electrons. The zero-order valence-corrected chi connectivity index (χ0v) is 21.8. The number of rotatable bonds is 15. The summed E-state index contributed by atoms with van der Waals surface area (Å²) in [6.45, 7) is 1.85. The van der Waals surface area contributed by atoms with Gasteiger partial charge in [0.15, 0.2) is 0 Å². The smallest absolute Gasteiger partial charge is 0.326 e. The molecule has 0 aliphatic rings. The molecule has 3 aromatic rings. The molecular weight excluding hydrogens is 504 g/mol. The largest absolute Gasteiger partial charge is 0.480 e. The maximum atomic E-state index is 13.1. The molecule has 2 aromatic heterocycles. The molecule has 1 aromatic carbocycles. The van der Waals surface area contributed by atoms with E-state index in [1.54, 1.807) is 6.20 Å². The first kappa shape index (κ1) is 29.3. The van der Waals surface area contributed by atoms with Gasteiger partial charge in [0, 0.05) is 35.4 Å². The molecule has 3 amide bonds. The third kappa shape index (κ3) is 8.38. The van der Waals surface area contributed by atoms with E-state index in [0.29, 0.717) is 25.1 Å². The second kappa shape index (κ2) is 14.1. The van der Waals surface area contributed by atoms with Crippen LogP contribution in [0.15, 0.2) is 43.0 Å². The van der Waals surface area contributed by atoms with Gasteiger partial charge < -0.3 is 42.5 Å². The molecule has 4 atom stereocenters. The van der Waals surface area contributed by atoms with Crippen LogP contribution in [-0.2, 0) is 32.0 Å². The van der Waals surface area contributed by atoms with Crippen molar-refractivity contribution in [3.05, 3.63) is 54.2 Å². The molecule has 13 nitrogen and oxygen atoms in total. The lowest BCUT2D eigenvalue weighted by Gasteiger charge is -2.23. The predicted octanol–water partition coefficient (Wildman–Crippen LogP) is -0.309. The van der Waals surface area contributed by atoms with E-state index in [1.807, 2.05) is 24.3 Å². The van der Waals surface area contributed by atoms with Crippen LogP contribution in [0.25, 0.3) is 10.9 Å². The third-order valence-electron chi connectivity index (χ3n) is 6.38. The van der Waals surface area contributed by atoms with Gasteiger partial charge in [-0.05, 0) is 50.8 Å². The number of benzene rings is 1. The molecule has 0 bridgehead atoms. The van der Waals surface area contributed by atoms with Crippen molar-refractivity contribution in [1.29, 1.82) is 0 Å². The van der Waals surface area contributed by atoms with Crippen LogP contribution >= 0.6 is 0 Å². The number of nitrogens with two attached hydrogens (primary N) is 2. The van der Waals surface area contributed by atoms with E-state index in [9.17, 15) is 24.3 Å². The number of para-hydroxylation sites is 1. The second-order valence-electron chi connectivity index (χ2n) is 9.43. The Morgan fingerprint density at radius 2 is 1.72 bits per heavy atom. The van der Waals surface area contributed by atoms with Crippen molar-refractivity contribution in [2.24, 2.45) is 11.5 Å². The highest BCUT2D eigenvalue weighted by Gasteiger charge is 2.29. The van der Waals surface area contributed by atoms with E-state index in [0.717, 1.165) is 16.5 Å². The summed E-state index contributed by atoms with van der Waals surface area (Å²) in [5.41, 5.74) is 14.0. The van der Waals surface area contributed by atoms with E-state index in [4.69, 9.17) is 11.5 Å². The van der Waals surface area contributed by atoms with Gasteiger partial charge >= 0.3 is 5.97 Å². The Balaban J connectivity index is 1.63. The summed E-state index contributed by atoms with van der Waals surface area (Å²) in [5.74, 6) is -3.00. The van der Waals surface area contributed by atoms with Crippen molar-refractivity contribution in [2.45, 2.75) is 63.2 Å². The molecule has 0 aliphatic carbocycles. The van der Waals surface area contributed by atoms with Crippen LogP contribution in [-0.4, -0.2) is 74.5 Å². The van der Waals surface area contributed by atoms with Gasteiger partial charge in [-0.15, -0.1) is 0 Å². The number of carboxylic acids is 1. The average Bonchev–Trinajstić information content (AvgIpc) is 3.57. The highest BCUT2D eigenvalue weighted by Crippen LogP contribution is 2.18. The monoisotopic (exact) mass is 540 g/mol. The Kier molecular flexibility index (Phi) is 10.6. The normalized spacial score (nSPS) is 14.2. The topological polar surface area (TPSA) is 221 Å². The lowest BCUT2D eigenvalue weighted by Crippen LogP contribution is -2.57. The lowest BCUT2D eigenvalue weighted by atomic mass is 10.0. The van der Waals surface area contributed by atoms with Crippen molar-refractivity contribution in [2.75, 3.05) is 6.54 Å². The Morgan fingerprint density at radius 1 is 0.974 bits per heavy atom. The van der Waals surface area contributed by atoms with Crippen LogP contribution in [0.5, 0.6) is 0 Å². The summed E-state index contributed by atoms with van der Waals surface area (Å²) < 4.78 is 0. The Morgan fingerprint density at radius 3 is 2.41 bits per heavy atom. The molecule has 0 fully saturated rings. The van der Waals surface area contributed by atoms with E-state index in [2.05, 4.69) is 30.9 Å². The minimum Gasteiger partial charge on any atom is -0.480 e. The number of nitrogens with zero attached hydrogens (tertiary/aromatic N) is 1. The number of carbonyl (C=O) groups excluding carboxylic acids is 3. The number of hydrogen-bond donors (Lipinski definition) is 8. The predicted molar refractivity (Wildman–Crippen MR) is 144 cm³/mol. The zero-order valence-electron chi connectivity index (χ0n) is 21.8. The zero-order chi connectivity index (χ0) is 28.4. The van der Waals surface area contributed by atoms with Crippen LogP contribution in [0, 0.1) is 0 Å². The molecule has 0 saturated carbocycles. The van der Waals surface area contributed by atoms with Gasteiger partial charge in [-0.1, -0.05) is 18.2 Å². The number of imidazole rings is 1. The SMILES string of the molecule is CC(NC(=O)C(Cc1cnc[nH]1)NC(=O)C(N)Cc1c[nH]c2ccccc12)C(=O)NC(CCCCN)C(=O)O. The number of carbonyl (C=O) groups is 4. The fourth-order valence-corrected chi connectivity index (χ4v) is 4.16. The molecule has 210 valence electrons. The number of amides is 3. The fourth-order valence-electron chi connectivity index (χ4n) is 4.16. The number of unbranched alkanes of at least 4 members (excludes halogenated alkanes) is 1. The number of aromatic amines is 2. The van der Waals surface area contributed by atoms with Gasteiger partial charge in [0.1, 0.15) is 18.1 Å². The van der Waals surface area contributed by atoms with Crippen LogP contribution in [0.1, 0.15) is 37.4 Å². The van der Waals surface area contributed by atoms with Gasteiger partial charge in [0.2, 0.25) is 17.7 Å². The average molecular weight is 541 g/mol. The van der Waals surface area contributed by atoms with Crippen molar-refractivity contribution >= 4 is 34.6 Å². The summed E-state index contributed by atoms with van der Waals surface area (Å²) in [6, 6.07) is 3.48. The van der Waals surface area contributed by atoms with Crippen LogP contribution in [0.2, 0.25) is 0 Å². The van der Waals surface area contributed by atoms with Gasteiger partial charge in [-0.2, -0.15) is 0 Å². The highest BCUT2D eigenvalue weighted by atomic mass is 16.4. The molecule has 0 saturated heterocycles. The number of aromatic nitrogens is 3. The van der Waals surface area contributed by atoms with Gasteiger partial charge in [-0.3, -0.25) is 14.4 Å². The first-order valence-electron chi connectivity index (χ1n) is 12.8. The number of carboxylic acid groups (broad SMARTS) is 1. The first-order valence-corrected chi connectivity index (χ1v) is 12.8. The van der Waals surface area contributed by atoms with Gasteiger partial charge in [0.25, 0.3) is 0 Å². The van der Waals surface area contributed by atoms with Crippen LogP contribution in [0.4, 0.5) is 0 Å². The van der Waals surface area contributed by atoms with Crippen molar-refractivity contribution in [1.82, 2.24) is 30.9 Å². The number of aliphatic carboxylic acids is 1. The summed E-state index contributed by atoms with van der Waals surface area (Å²) in [7, 11) is 0. The Hall–Kier alpha value is -4.23. The Labute approximate surface area is 225 Å². The molecule has 13 heteroatoms. The highest BCUT2D eigenvalue weighted by molar-refractivity contribution is 5.94. The minimum atomic E-state index is -1.17.